The smallest absolute Gasteiger partial charge is 0.253 e. The standard InChI is InChI=1S/C21H23N5O/c1-14-8-10-18(15(2)22-14)21(27)23-17-9-11-19-24-25-20(26(19)13-17)12-16-6-4-3-5-7-16/h3-8,10,17H,9,11-13H2,1-2H3,(H,23,27)/t17-/m1/s1. The van der Waals surface area contributed by atoms with E-state index in [1.807, 2.05) is 44.2 Å². The van der Waals surface area contributed by atoms with Crippen LogP contribution in [0.25, 0.3) is 0 Å². The van der Waals surface area contributed by atoms with Crippen LogP contribution in [0.4, 0.5) is 0 Å². The SMILES string of the molecule is Cc1ccc(C(=O)N[C@@H]2CCc3nnc(Cc4ccccc4)n3C2)c(C)n1. The van der Waals surface area contributed by atoms with Crippen molar-refractivity contribution >= 4 is 5.91 Å². The molecule has 0 saturated heterocycles. The first-order valence-electron chi connectivity index (χ1n) is 9.30. The number of rotatable bonds is 4. The van der Waals surface area contributed by atoms with E-state index >= 15 is 0 Å². The number of fused-ring (bicyclic) bond motifs is 1. The van der Waals surface area contributed by atoms with Crippen LogP contribution in [0.3, 0.4) is 0 Å². The molecule has 2 aromatic heterocycles. The van der Waals surface area contributed by atoms with Crippen molar-refractivity contribution in [2.75, 3.05) is 0 Å². The molecule has 27 heavy (non-hydrogen) atoms. The number of nitrogens with zero attached hydrogens (tertiary/aromatic N) is 4. The molecule has 0 bridgehead atoms. The first-order chi connectivity index (χ1) is 13.1. The van der Waals surface area contributed by atoms with Gasteiger partial charge in [0.2, 0.25) is 0 Å². The van der Waals surface area contributed by atoms with Crippen molar-refractivity contribution in [1.29, 1.82) is 0 Å². The number of carbonyl (C=O) groups is 1. The monoisotopic (exact) mass is 361 g/mol. The molecular formula is C21H23N5O. The van der Waals surface area contributed by atoms with Crippen LogP contribution < -0.4 is 5.32 Å². The minimum Gasteiger partial charge on any atom is -0.347 e. The van der Waals surface area contributed by atoms with Crippen molar-refractivity contribution in [2.24, 2.45) is 0 Å². The summed E-state index contributed by atoms with van der Waals surface area (Å²) in [6.45, 7) is 4.50. The number of aromatic nitrogens is 4. The Labute approximate surface area is 158 Å². The molecule has 6 nitrogen and oxygen atoms in total. The zero-order valence-electron chi connectivity index (χ0n) is 15.6. The second-order valence-electron chi connectivity index (χ2n) is 7.10. The summed E-state index contributed by atoms with van der Waals surface area (Å²) in [6.07, 6.45) is 2.43. The number of carbonyl (C=O) groups excluding carboxylic acids is 1. The van der Waals surface area contributed by atoms with Gasteiger partial charge < -0.3 is 9.88 Å². The highest BCUT2D eigenvalue weighted by molar-refractivity contribution is 5.95. The van der Waals surface area contributed by atoms with Gasteiger partial charge >= 0.3 is 0 Å². The third kappa shape index (κ3) is 3.74. The normalized spacial score (nSPS) is 16.0. The maximum atomic E-state index is 12.7. The number of aryl methyl sites for hydroxylation is 3. The Morgan fingerprint density at radius 2 is 1.96 bits per heavy atom. The molecule has 1 N–H and O–H groups in total. The molecule has 1 amide bonds. The minimum atomic E-state index is -0.0638. The molecule has 0 unspecified atom stereocenters. The fraction of sp³-hybridized carbons (Fsp3) is 0.333. The maximum absolute atomic E-state index is 12.7. The van der Waals surface area contributed by atoms with Crippen LogP contribution in [-0.4, -0.2) is 31.7 Å². The summed E-state index contributed by atoms with van der Waals surface area (Å²) >= 11 is 0. The topological polar surface area (TPSA) is 72.7 Å². The van der Waals surface area contributed by atoms with E-state index < -0.39 is 0 Å². The van der Waals surface area contributed by atoms with Gasteiger partial charge in [-0.3, -0.25) is 9.78 Å². The van der Waals surface area contributed by atoms with Gasteiger partial charge in [0.05, 0.1) is 11.3 Å². The van der Waals surface area contributed by atoms with E-state index in [0.29, 0.717) is 12.1 Å². The summed E-state index contributed by atoms with van der Waals surface area (Å²) < 4.78 is 2.15. The summed E-state index contributed by atoms with van der Waals surface area (Å²) in [4.78, 5) is 17.1. The van der Waals surface area contributed by atoms with Crippen molar-refractivity contribution in [3.63, 3.8) is 0 Å². The molecule has 0 spiro atoms. The molecule has 1 aliphatic heterocycles. The summed E-state index contributed by atoms with van der Waals surface area (Å²) in [5.74, 6) is 1.88. The van der Waals surface area contributed by atoms with Gasteiger partial charge in [-0.25, -0.2) is 0 Å². The molecule has 0 aliphatic carbocycles. The molecule has 1 aliphatic rings. The highest BCUT2D eigenvalue weighted by Crippen LogP contribution is 2.18. The van der Waals surface area contributed by atoms with E-state index in [-0.39, 0.29) is 11.9 Å². The summed E-state index contributed by atoms with van der Waals surface area (Å²) in [7, 11) is 0. The fourth-order valence-corrected chi connectivity index (χ4v) is 3.60. The van der Waals surface area contributed by atoms with E-state index in [1.54, 1.807) is 0 Å². The first kappa shape index (κ1) is 17.4. The van der Waals surface area contributed by atoms with Gasteiger partial charge in [0.25, 0.3) is 5.91 Å². The Bertz CT molecular complexity index is 964. The third-order valence-corrected chi connectivity index (χ3v) is 5.03. The average Bonchev–Trinajstić information content (AvgIpc) is 3.04. The summed E-state index contributed by atoms with van der Waals surface area (Å²) in [6, 6.07) is 14.0. The fourth-order valence-electron chi connectivity index (χ4n) is 3.60. The quantitative estimate of drug-likeness (QED) is 0.775. The zero-order chi connectivity index (χ0) is 18.8. The number of hydrogen-bond acceptors (Lipinski definition) is 4. The number of benzene rings is 1. The molecule has 3 heterocycles. The highest BCUT2D eigenvalue weighted by Gasteiger charge is 2.25. The molecule has 4 rings (SSSR count). The van der Waals surface area contributed by atoms with Crippen molar-refractivity contribution in [1.82, 2.24) is 25.1 Å². The Morgan fingerprint density at radius 1 is 1.15 bits per heavy atom. The Hall–Kier alpha value is -3.02. The Kier molecular flexibility index (Phi) is 4.71. The molecule has 1 atom stereocenters. The van der Waals surface area contributed by atoms with Crippen molar-refractivity contribution in [3.05, 3.63) is 76.6 Å². The van der Waals surface area contributed by atoms with E-state index in [1.165, 1.54) is 5.56 Å². The lowest BCUT2D eigenvalue weighted by Gasteiger charge is -2.25. The average molecular weight is 361 g/mol. The molecule has 6 heteroatoms. The summed E-state index contributed by atoms with van der Waals surface area (Å²) in [5.41, 5.74) is 3.53. The highest BCUT2D eigenvalue weighted by atomic mass is 16.1. The van der Waals surface area contributed by atoms with E-state index in [0.717, 1.165) is 42.3 Å². The van der Waals surface area contributed by atoms with Crippen LogP contribution >= 0.6 is 0 Å². The lowest BCUT2D eigenvalue weighted by molar-refractivity contribution is 0.0926. The van der Waals surface area contributed by atoms with Gasteiger partial charge in [-0.2, -0.15) is 0 Å². The van der Waals surface area contributed by atoms with Crippen LogP contribution in [0.1, 0.15) is 45.4 Å². The van der Waals surface area contributed by atoms with Crippen LogP contribution in [0.15, 0.2) is 42.5 Å². The number of nitrogens with one attached hydrogen (secondary N) is 1. The van der Waals surface area contributed by atoms with E-state index in [9.17, 15) is 4.79 Å². The van der Waals surface area contributed by atoms with Gasteiger partial charge in [0.1, 0.15) is 11.6 Å². The minimum absolute atomic E-state index is 0.0638. The predicted octanol–water partition coefficient (Wildman–Crippen LogP) is 2.63. The van der Waals surface area contributed by atoms with Crippen LogP contribution in [0.5, 0.6) is 0 Å². The largest absolute Gasteiger partial charge is 0.347 e. The van der Waals surface area contributed by atoms with Crippen molar-refractivity contribution in [2.45, 2.75) is 45.7 Å². The van der Waals surface area contributed by atoms with Crippen LogP contribution in [-0.2, 0) is 19.4 Å². The Balaban J connectivity index is 1.48. The van der Waals surface area contributed by atoms with E-state index in [2.05, 4.69) is 37.2 Å². The van der Waals surface area contributed by atoms with E-state index in [4.69, 9.17) is 0 Å². The second-order valence-corrected chi connectivity index (χ2v) is 7.10. The molecule has 0 saturated carbocycles. The second kappa shape index (κ2) is 7.31. The zero-order valence-corrected chi connectivity index (χ0v) is 15.6. The molecule has 1 aromatic carbocycles. The molecular weight excluding hydrogens is 338 g/mol. The van der Waals surface area contributed by atoms with Gasteiger partial charge in [-0.1, -0.05) is 30.3 Å². The lowest BCUT2D eigenvalue weighted by atomic mass is 10.1. The van der Waals surface area contributed by atoms with Gasteiger partial charge in [-0.05, 0) is 38.0 Å². The lowest BCUT2D eigenvalue weighted by Crippen LogP contribution is -2.41. The molecule has 3 aromatic rings. The molecule has 0 fully saturated rings. The number of amides is 1. The third-order valence-electron chi connectivity index (χ3n) is 5.03. The number of pyridine rings is 1. The van der Waals surface area contributed by atoms with Crippen LogP contribution in [0, 0.1) is 13.8 Å². The van der Waals surface area contributed by atoms with Crippen molar-refractivity contribution in [3.8, 4) is 0 Å². The Morgan fingerprint density at radius 3 is 2.74 bits per heavy atom. The van der Waals surface area contributed by atoms with Gasteiger partial charge in [0, 0.05) is 31.1 Å². The van der Waals surface area contributed by atoms with Gasteiger partial charge in [-0.15, -0.1) is 10.2 Å². The first-order valence-corrected chi connectivity index (χ1v) is 9.30. The predicted molar refractivity (Wildman–Crippen MR) is 103 cm³/mol. The molecule has 0 radical (unpaired) electrons. The van der Waals surface area contributed by atoms with Gasteiger partial charge in [0.15, 0.2) is 0 Å². The van der Waals surface area contributed by atoms with Crippen molar-refractivity contribution < 1.29 is 4.79 Å². The number of hydrogen-bond donors (Lipinski definition) is 1. The molecule has 138 valence electrons. The summed E-state index contributed by atoms with van der Waals surface area (Å²) in [5, 5.41) is 11.9. The van der Waals surface area contributed by atoms with Crippen LogP contribution in [0.2, 0.25) is 0 Å². The maximum Gasteiger partial charge on any atom is 0.253 e.